The second-order valence-electron chi connectivity index (χ2n) is 9.47. The zero-order valence-electron chi connectivity index (χ0n) is 19.4. The van der Waals surface area contributed by atoms with Gasteiger partial charge in [-0.15, -0.1) is 0 Å². The third kappa shape index (κ3) is 8.77. The molecule has 29 heavy (non-hydrogen) atoms. The van der Waals surface area contributed by atoms with E-state index in [0.717, 1.165) is 55.9 Å². The van der Waals surface area contributed by atoms with E-state index < -0.39 is 8.07 Å². The number of hydrogen-bond acceptors (Lipinski definition) is 5. The van der Waals surface area contributed by atoms with Crippen molar-refractivity contribution in [3.8, 4) is 0 Å². The van der Waals surface area contributed by atoms with Crippen molar-refractivity contribution in [1.82, 2.24) is 0 Å². The van der Waals surface area contributed by atoms with Gasteiger partial charge in [-0.3, -0.25) is 9.59 Å². The number of unbranched alkanes of at least 4 members (excludes halogenated alkanes) is 5. The van der Waals surface area contributed by atoms with Crippen LogP contribution in [0.1, 0.15) is 91.2 Å². The molecule has 1 rings (SSSR count). The van der Waals surface area contributed by atoms with Crippen LogP contribution in [0.5, 0.6) is 0 Å². The summed E-state index contributed by atoms with van der Waals surface area (Å²) in [4.78, 5) is 22.3. The summed E-state index contributed by atoms with van der Waals surface area (Å²) < 4.78 is 16.5. The molecule has 0 saturated carbocycles. The van der Waals surface area contributed by atoms with Crippen LogP contribution >= 0.6 is 0 Å². The van der Waals surface area contributed by atoms with Crippen LogP contribution in [0.4, 0.5) is 0 Å². The van der Waals surface area contributed by atoms with Gasteiger partial charge in [0.15, 0.2) is 0 Å². The van der Waals surface area contributed by atoms with E-state index in [4.69, 9.17) is 13.9 Å². The topological polar surface area (TPSA) is 65.7 Å². The first-order chi connectivity index (χ1) is 13.4. The molecular formula is C23H40O5Si. The van der Waals surface area contributed by atoms with Crippen LogP contribution in [0.2, 0.25) is 18.1 Å². The molecule has 0 fully saturated rings. The summed E-state index contributed by atoms with van der Waals surface area (Å²) in [6, 6.07) is 2.11. The lowest BCUT2D eigenvalue weighted by Crippen LogP contribution is -2.48. The lowest BCUT2D eigenvalue weighted by atomic mass is 10.0. The highest BCUT2D eigenvalue weighted by Crippen LogP contribution is 2.36. The second-order valence-corrected chi connectivity index (χ2v) is 14.7. The smallest absolute Gasteiger partial charge is 0.303 e. The molecule has 0 aromatic carbocycles. The average Bonchev–Trinajstić information content (AvgIpc) is 3.08. The lowest BCUT2D eigenvalue weighted by Gasteiger charge is -2.34. The lowest BCUT2D eigenvalue weighted by molar-refractivity contribution is -0.147. The van der Waals surface area contributed by atoms with Crippen molar-refractivity contribution < 1.29 is 23.5 Å². The number of carbonyl (C=O) groups is 2. The van der Waals surface area contributed by atoms with Gasteiger partial charge in [0.1, 0.15) is 14.2 Å². The summed E-state index contributed by atoms with van der Waals surface area (Å²) in [6.45, 7) is 14.8. The van der Waals surface area contributed by atoms with E-state index in [1.807, 2.05) is 0 Å². The molecule has 0 aliphatic carbocycles. The van der Waals surface area contributed by atoms with Crippen molar-refractivity contribution in [2.75, 3.05) is 6.61 Å². The highest BCUT2D eigenvalue weighted by molar-refractivity contribution is 6.91. The fraction of sp³-hybridized carbons (Fsp3) is 0.739. The maximum atomic E-state index is 11.6. The number of furan rings is 1. The third-order valence-corrected chi connectivity index (χ3v) is 11.2. The van der Waals surface area contributed by atoms with E-state index in [2.05, 4.69) is 39.9 Å². The first-order valence-electron chi connectivity index (χ1n) is 10.8. The minimum Gasteiger partial charge on any atom is -0.474 e. The largest absolute Gasteiger partial charge is 0.474 e. The summed E-state index contributed by atoms with van der Waals surface area (Å²) in [5.74, 6) is -0.465. The van der Waals surface area contributed by atoms with Gasteiger partial charge in [0.2, 0.25) is 0 Å². The van der Waals surface area contributed by atoms with E-state index in [1.54, 1.807) is 6.26 Å². The molecule has 6 heteroatoms. The van der Waals surface area contributed by atoms with E-state index in [9.17, 15) is 9.59 Å². The van der Waals surface area contributed by atoms with Crippen molar-refractivity contribution in [3.05, 3.63) is 17.9 Å². The zero-order valence-corrected chi connectivity index (χ0v) is 20.4. The molecule has 1 aromatic heterocycles. The standard InChI is InChI=1S/C23H40O5Si/c1-18(24)26-15-13-11-9-8-10-12-14-21(28-19(2)25)20-16-22(27-17-20)29(6,7)23(3,4)5/h16-17,21H,8-15H2,1-7H3. The summed E-state index contributed by atoms with van der Waals surface area (Å²) >= 11 is 0. The molecule has 0 bridgehead atoms. The first kappa shape index (κ1) is 25.5. The van der Waals surface area contributed by atoms with Crippen LogP contribution in [0.3, 0.4) is 0 Å². The van der Waals surface area contributed by atoms with Gasteiger partial charge in [-0.2, -0.15) is 0 Å². The van der Waals surface area contributed by atoms with Gasteiger partial charge in [-0.1, -0.05) is 59.5 Å². The Morgan fingerprint density at radius 3 is 2.14 bits per heavy atom. The van der Waals surface area contributed by atoms with Gasteiger partial charge in [0.05, 0.1) is 18.3 Å². The monoisotopic (exact) mass is 424 g/mol. The highest BCUT2D eigenvalue weighted by Gasteiger charge is 2.40. The molecule has 1 aromatic rings. The van der Waals surface area contributed by atoms with Crippen molar-refractivity contribution >= 4 is 25.4 Å². The minimum absolute atomic E-state index is 0.189. The fourth-order valence-corrected chi connectivity index (χ4v) is 4.69. The minimum atomic E-state index is -1.75. The summed E-state index contributed by atoms with van der Waals surface area (Å²) in [5, 5.41) is 1.25. The van der Waals surface area contributed by atoms with Gasteiger partial charge in [0.25, 0.3) is 0 Å². The van der Waals surface area contributed by atoms with Crippen LogP contribution in [-0.2, 0) is 19.1 Å². The van der Waals surface area contributed by atoms with Gasteiger partial charge in [0, 0.05) is 19.4 Å². The van der Waals surface area contributed by atoms with Crippen LogP contribution in [-0.4, -0.2) is 26.6 Å². The zero-order chi connectivity index (χ0) is 22.1. The van der Waals surface area contributed by atoms with E-state index >= 15 is 0 Å². The van der Waals surface area contributed by atoms with Crippen LogP contribution < -0.4 is 5.38 Å². The molecular weight excluding hydrogens is 384 g/mol. The van der Waals surface area contributed by atoms with E-state index in [-0.39, 0.29) is 23.1 Å². The number of esters is 2. The summed E-state index contributed by atoms with van der Waals surface area (Å²) in [6.07, 6.45) is 8.69. The maximum absolute atomic E-state index is 11.6. The number of carbonyl (C=O) groups excluding carboxylic acids is 2. The molecule has 1 atom stereocenters. The SMILES string of the molecule is CC(=O)OCCCCCCCCC(OC(C)=O)c1coc([Si](C)(C)C(C)(C)C)c1. The number of ether oxygens (including phenoxy) is 2. The Balaban J connectivity index is 2.51. The molecule has 5 nitrogen and oxygen atoms in total. The molecule has 0 amide bonds. The Bertz CT molecular complexity index is 642. The van der Waals surface area contributed by atoms with Crippen LogP contribution in [0.15, 0.2) is 16.7 Å². The van der Waals surface area contributed by atoms with Gasteiger partial charge in [-0.25, -0.2) is 0 Å². The van der Waals surface area contributed by atoms with Crippen LogP contribution in [0.25, 0.3) is 0 Å². The van der Waals surface area contributed by atoms with Crippen LogP contribution in [0, 0.1) is 0 Å². The van der Waals surface area contributed by atoms with Crippen molar-refractivity contribution in [2.24, 2.45) is 0 Å². The predicted octanol–water partition coefficient (Wildman–Crippen LogP) is 5.89. The molecule has 0 radical (unpaired) electrons. The van der Waals surface area contributed by atoms with Crippen molar-refractivity contribution in [2.45, 2.75) is 104 Å². The summed E-state index contributed by atoms with van der Waals surface area (Å²) in [5.41, 5.74) is 0.974. The Hall–Kier alpha value is -1.56. The number of hydrogen-bond donors (Lipinski definition) is 0. The normalized spacial score (nSPS) is 13.2. The molecule has 0 aliphatic heterocycles. The molecule has 1 heterocycles. The molecule has 0 N–H and O–H groups in total. The Kier molecular flexibility index (Phi) is 10.2. The molecule has 0 spiro atoms. The molecule has 166 valence electrons. The first-order valence-corrected chi connectivity index (χ1v) is 13.8. The quantitative estimate of drug-likeness (QED) is 0.238. The van der Waals surface area contributed by atoms with Crippen molar-refractivity contribution in [1.29, 1.82) is 0 Å². The Labute approximate surface area is 177 Å². The molecule has 1 unspecified atom stereocenters. The Morgan fingerprint density at radius 1 is 1.00 bits per heavy atom. The third-order valence-electron chi connectivity index (χ3n) is 5.96. The van der Waals surface area contributed by atoms with Gasteiger partial charge < -0.3 is 13.9 Å². The van der Waals surface area contributed by atoms with E-state index in [1.165, 1.54) is 13.8 Å². The van der Waals surface area contributed by atoms with E-state index in [0.29, 0.717) is 6.61 Å². The molecule has 0 aliphatic rings. The maximum Gasteiger partial charge on any atom is 0.303 e. The predicted molar refractivity (Wildman–Crippen MR) is 119 cm³/mol. The second kappa shape index (κ2) is 11.6. The highest BCUT2D eigenvalue weighted by atomic mass is 28.3. The summed E-state index contributed by atoms with van der Waals surface area (Å²) in [7, 11) is -1.75. The average molecular weight is 425 g/mol. The fourth-order valence-electron chi connectivity index (χ4n) is 3.07. The van der Waals surface area contributed by atoms with Crippen molar-refractivity contribution in [3.63, 3.8) is 0 Å². The Morgan fingerprint density at radius 2 is 1.59 bits per heavy atom. The molecule has 0 saturated heterocycles. The van der Waals surface area contributed by atoms with Gasteiger partial charge >= 0.3 is 11.9 Å². The number of rotatable bonds is 12. The van der Waals surface area contributed by atoms with Gasteiger partial charge in [-0.05, 0) is 30.4 Å².